The van der Waals surface area contributed by atoms with Crippen LogP contribution < -0.4 is 4.18 Å². The average Bonchev–Trinajstić information content (AvgIpc) is 2.01. The molecular formula is C7H7Cl2NO3S. The summed E-state index contributed by atoms with van der Waals surface area (Å²) in [7, 11) is -3.55. The van der Waals surface area contributed by atoms with Gasteiger partial charge in [0.05, 0.1) is 5.75 Å². The van der Waals surface area contributed by atoms with Crippen LogP contribution in [0.4, 0.5) is 0 Å². The maximum Gasteiger partial charge on any atom is 0.308 e. The number of pyridine rings is 1. The van der Waals surface area contributed by atoms with E-state index in [0.717, 1.165) is 0 Å². The standard InChI is InChI=1S/C7H7Cl2NO3S/c1-2-14(11,12)13-5-3-6(8)10-7(9)4-5/h3-4H,2H2,1H3. The lowest BCUT2D eigenvalue weighted by molar-refractivity contribution is 0.487. The minimum atomic E-state index is -3.55. The van der Waals surface area contributed by atoms with Crippen molar-refractivity contribution in [3.05, 3.63) is 22.4 Å². The lowest BCUT2D eigenvalue weighted by Gasteiger charge is -2.04. The summed E-state index contributed by atoms with van der Waals surface area (Å²) in [5.41, 5.74) is 0. The smallest absolute Gasteiger partial charge is 0.308 e. The van der Waals surface area contributed by atoms with Crippen LogP contribution in [0.15, 0.2) is 12.1 Å². The molecule has 1 heterocycles. The summed E-state index contributed by atoms with van der Waals surface area (Å²) >= 11 is 11.1. The summed E-state index contributed by atoms with van der Waals surface area (Å²) in [5, 5.41) is 0.164. The van der Waals surface area contributed by atoms with Crippen molar-refractivity contribution in [3.8, 4) is 5.75 Å². The summed E-state index contributed by atoms with van der Waals surface area (Å²) in [6, 6.07) is 2.56. The predicted octanol–water partition coefficient (Wildman–Crippen LogP) is 2.12. The highest BCUT2D eigenvalue weighted by Crippen LogP contribution is 2.21. The van der Waals surface area contributed by atoms with Crippen molar-refractivity contribution < 1.29 is 12.6 Å². The number of rotatable bonds is 3. The van der Waals surface area contributed by atoms with Gasteiger partial charge in [-0.1, -0.05) is 23.2 Å². The van der Waals surface area contributed by atoms with Gasteiger partial charge in [-0.25, -0.2) is 4.98 Å². The van der Waals surface area contributed by atoms with Crippen LogP contribution in [0.25, 0.3) is 0 Å². The van der Waals surface area contributed by atoms with Crippen molar-refractivity contribution in [3.63, 3.8) is 0 Å². The number of hydrogen-bond acceptors (Lipinski definition) is 4. The molecule has 0 spiro atoms. The molecule has 0 aromatic carbocycles. The van der Waals surface area contributed by atoms with E-state index >= 15 is 0 Å². The normalized spacial score (nSPS) is 11.4. The highest BCUT2D eigenvalue weighted by molar-refractivity contribution is 7.87. The van der Waals surface area contributed by atoms with Gasteiger partial charge in [0.25, 0.3) is 0 Å². The summed E-state index contributed by atoms with van der Waals surface area (Å²) in [6.45, 7) is 1.47. The maximum absolute atomic E-state index is 11.1. The molecule has 78 valence electrons. The Kier molecular flexibility index (Phi) is 3.58. The van der Waals surface area contributed by atoms with Crippen molar-refractivity contribution in [1.29, 1.82) is 0 Å². The molecule has 1 aromatic rings. The fourth-order valence-corrected chi connectivity index (χ4v) is 1.64. The lowest BCUT2D eigenvalue weighted by Crippen LogP contribution is -2.11. The molecule has 0 atom stereocenters. The molecule has 0 unspecified atom stereocenters. The summed E-state index contributed by atoms with van der Waals surface area (Å²) < 4.78 is 26.8. The molecule has 0 saturated heterocycles. The van der Waals surface area contributed by atoms with Gasteiger partial charge in [0.2, 0.25) is 0 Å². The number of nitrogens with zero attached hydrogens (tertiary/aromatic N) is 1. The molecule has 0 radical (unpaired) electrons. The first-order valence-electron chi connectivity index (χ1n) is 3.68. The lowest BCUT2D eigenvalue weighted by atomic mass is 10.5. The van der Waals surface area contributed by atoms with Gasteiger partial charge in [-0.15, -0.1) is 0 Å². The van der Waals surface area contributed by atoms with Crippen LogP contribution in [-0.4, -0.2) is 19.2 Å². The third-order valence-corrected chi connectivity index (χ3v) is 2.85. The van der Waals surface area contributed by atoms with E-state index in [1.807, 2.05) is 0 Å². The van der Waals surface area contributed by atoms with E-state index < -0.39 is 10.1 Å². The molecule has 0 bridgehead atoms. The first-order valence-corrected chi connectivity index (χ1v) is 6.01. The highest BCUT2D eigenvalue weighted by Gasteiger charge is 2.10. The monoisotopic (exact) mass is 255 g/mol. The molecule has 0 aliphatic carbocycles. The molecule has 4 nitrogen and oxygen atoms in total. The Morgan fingerprint density at radius 2 is 1.86 bits per heavy atom. The number of aromatic nitrogens is 1. The van der Waals surface area contributed by atoms with Gasteiger partial charge < -0.3 is 4.18 Å². The fraction of sp³-hybridized carbons (Fsp3) is 0.286. The maximum atomic E-state index is 11.1. The Balaban J connectivity index is 2.98. The molecule has 0 fully saturated rings. The van der Waals surface area contributed by atoms with Gasteiger partial charge in [0.15, 0.2) is 0 Å². The van der Waals surface area contributed by atoms with Crippen LogP contribution >= 0.6 is 23.2 Å². The van der Waals surface area contributed by atoms with E-state index in [1.54, 1.807) is 0 Å². The second-order valence-corrected chi connectivity index (χ2v) is 5.01. The van der Waals surface area contributed by atoms with Crippen molar-refractivity contribution in [2.24, 2.45) is 0 Å². The third kappa shape index (κ3) is 3.32. The first kappa shape index (κ1) is 11.6. The van der Waals surface area contributed by atoms with E-state index in [4.69, 9.17) is 23.2 Å². The third-order valence-electron chi connectivity index (χ3n) is 1.31. The topological polar surface area (TPSA) is 56.3 Å². The first-order chi connectivity index (χ1) is 6.43. The van der Waals surface area contributed by atoms with Gasteiger partial charge in [0, 0.05) is 12.1 Å². The fourth-order valence-electron chi connectivity index (χ4n) is 0.697. The number of halogens is 2. The van der Waals surface area contributed by atoms with Gasteiger partial charge in [0.1, 0.15) is 16.1 Å². The van der Waals surface area contributed by atoms with Crippen molar-refractivity contribution in [1.82, 2.24) is 4.98 Å². The molecule has 1 aromatic heterocycles. The van der Waals surface area contributed by atoms with Crippen molar-refractivity contribution in [2.45, 2.75) is 6.92 Å². The van der Waals surface area contributed by atoms with Crippen LogP contribution in [0.3, 0.4) is 0 Å². The Hall–Kier alpha value is -0.520. The summed E-state index contributed by atoms with van der Waals surface area (Å²) in [5.74, 6) is -0.0539. The van der Waals surface area contributed by atoms with Gasteiger partial charge in [-0.05, 0) is 6.92 Å². The summed E-state index contributed by atoms with van der Waals surface area (Å²) in [6.07, 6.45) is 0. The van der Waals surface area contributed by atoms with Crippen LogP contribution in [0.1, 0.15) is 6.92 Å². The van der Waals surface area contributed by atoms with E-state index in [9.17, 15) is 8.42 Å². The SMILES string of the molecule is CCS(=O)(=O)Oc1cc(Cl)nc(Cl)c1. The van der Waals surface area contributed by atoms with Crippen molar-refractivity contribution in [2.75, 3.05) is 5.75 Å². The molecule has 0 amide bonds. The quantitative estimate of drug-likeness (QED) is 0.614. The highest BCUT2D eigenvalue weighted by atomic mass is 35.5. The van der Waals surface area contributed by atoms with Crippen molar-refractivity contribution >= 4 is 33.3 Å². The van der Waals surface area contributed by atoms with Crippen LogP contribution in [0, 0.1) is 0 Å². The zero-order valence-electron chi connectivity index (χ0n) is 7.20. The number of hydrogen-bond donors (Lipinski definition) is 0. The molecule has 0 aliphatic heterocycles. The average molecular weight is 256 g/mol. The molecule has 14 heavy (non-hydrogen) atoms. The Labute approximate surface area is 91.9 Å². The van der Waals surface area contributed by atoms with E-state index in [0.29, 0.717) is 0 Å². The van der Waals surface area contributed by atoms with Gasteiger partial charge in [-0.3, -0.25) is 0 Å². The molecular weight excluding hydrogens is 249 g/mol. The summed E-state index contributed by atoms with van der Waals surface area (Å²) in [4.78, 5) is 3.65. The molecule has 0 aliphatic rings. The Morgan fingerprint density at radius 3 is 2.29 bits per heavy atom. The molecule has 7 heteroatoms. The van der Waals surface area contributed by atoms with Gasteiger partial charge >= 0.3 is 10.1 Å². The van der Waals surface area contributed by atoms with Crippen LogP contribution in [0.5, 0.6) is 5.75 Å². The predicted molar refractivity (Wildman–Crippen MR) is 54.3 cm³/mol. The van der Waals surface area contributed by atoms with E-state index in [1.165, 1.54) is 19.1 Å². The molecule has 1 rings (SSSR count). The zero-order chi connectivity index (χ0) is 10.8. The Morgan fingerprint density at radius 1 is 1.36 bits per heavy atom. The Bertz CT molecular complexity index is 412. The van der Waals surface area contributed by atoms with E-state index in [-0.39, 0.29) is 21.8 Å². The second-order valence-electron chi connectivity index (χ2n) is 2.38. The van der Waals surface area contributed by atoms with Crippen LogP contribution in [-0.2, 0) is 10.1 Å². The van der Waals surface area contributed by atoms with Gasteiger partial charge in [-0.2, -0.15) is 8.42 Å². The molecule has 0 N–H and O–H groups in total. The molecule has 0 saturated carbocycles. The second kappa shape index (κ2) is 4.33. The zero-order valence-corrected chi connectivity index (χ0v) is 9.53. The minimum absolute atomic E-state index is 0.0665. The van der Waals surface area contributed by atoms with Crippen LogP contribution in [0.2, 0.25) is 10.3 Å². The largest absolute Gasteiger partial charge is 0.382 e. The minimum Gasteiger partial charge on any atom is -0.382 e. The van der Waals surface area contributed by atoms with E-state index in [2.05, 4.69) is 9.17 Å².